The Morgan fingerprint density at radius 1 is 1.35 bits per heavy atom. The zero-order chi connectivity index (χ0) is 14.5. The molecule has 2 rings (SSSR count). The van der Waals surface area contributed by atoms with Crippen molar-refractivity contribution in [2.24, 2.45) is 0 Å². The van der Waals surface area contributed by atoms with Crippen molar-refractivity contribution in [1.29, 1.82) is 0 Å². The Bertz CT molecular complexity index is 472. The second-order valence-electron chi connectivity index (χ2n) is 4.66. The summed E-state index contributed by atoms with van der Waals surface area (Å²) in [5, 5.41) is 0. The van der Waals surface area contributed by atoms with Gasteiger partial charge in [-0.15, -0.1) is 0 Å². The van der Waals surface area contributed by atoms with Gasteiger partial charge in [0.25, 0.3) is 5.91 Å². The second-order valence-corrected chi connectivity index (χ2v) is 4.66. The summed E-state index contributed by atoms with van der Waals surface area (Å²) in [5.41, 5.74) is 6.78. The monoisotopic (exact) mass is 280 g/mol. The lowest BCUT2D eigenvalue weighted by Crippen LogP contribution is -2.55. The predicted octanol–water partition coefficient (Wildman–Crippen LogP) is 0.765. The molecule has 1 aromatic carbocycles. The lowest BCUT2D eigenvalue weighted by Gasteiger charge is -2.39. The number of likely N-dealkylation sites (tertiary alicyclic amines) is 1. The lowest BCUT2D eigenvalue weighted by atomic mass is 10.1. The number of nitrogens with two attached hydrogens (primary N) is 1. The van der Waals surface area contributed by atoms with Gasteiger partial charge in [0.05, 0.1) is 32.0 Å². The van der Waals surface area contributed by atoms with Crippen LogP contribution in [0.4, 0.5) is 5.69 Å². The predicted molar refractivity (Wildman–Crippen MR) is 74.9 cm³/mol. The van der Waals surface area contributed by atoms with Crippen molar-refractivity contribution in [3.05, 3.63) is 23.8 Å². The quantitative estimate of drug-likeness (QED) is 0.615. The third-order valence-corrected chi connectivity index (χ3v) is 3.23. The average molecular weight is 280 g/mol. The van der Waals surface area contributed by atoms with Crippen molar-refractivity contribution in [2.45, 2.75) is 6.10 Å². The van der Waals surface area contributed by atoms with E-state index in [1.165, 1.54) is 7.11 Å². The molecule has 110 valence electrons. The fourth-order valence-electron chi connectivity index (χ4n) is 2.06. The van der Waals surface area contributed by atoms with Crippen molar-refractivity contribution in [3.63, 3.8) is 0 Å². The van der Waals surface area contributed by atoms with Gasteiger partial charge in [-0.25, -0.2) is 0 Å². The zero-order valence-corrected chi connectivity index (χ0v) is 11.8. The molecule has 1 aromatic rings. The standard InChI is InChI=1S/C14H20N2O4/c1-18-5-6-20-11-8-16(9-11)14(17)12-4-3-10(15)7-13(12)19-2/h3-4,7,11H,5-6,8-9,15H2,1-2H3. The van der Waals surface area contributed by atoms with E-state index in [2.05, 4.69) is 0 Å². The molecular formula is C14H20N2O4. The van der Waals surface area contributed by atoms with E-state index < -0.39 is 0 Å². The van der Waals surface area contributed by atoms with E-state index in [4.69, 9.17) is 19.9 Å². The maximum atomic E-state index is 12.3. The maximum absolute atomic E-state index is 12.3. The molecule has 0 aromatic heterocycles. The van der Waals surface area contributed by atoms with E-state index >= 15 is 0 Å². The number of hydrogen-bond acceptors (Lipinski definition) is 5. The fourth-order valence-corrected chi connectivity index (χ4v) is 2.06. The van der Waals surface area contributed by atoms with E-state index in [1.54, 1.807) is 30.2 Å². The molecule has 6 heteroatoms. The summed E-state index contributed by atoms with van der Waals surface area (Å²) in [7, 11) is 3.16. The van der Waals surface area contributed by atoms with Crippen LogP contribution in [0.25, 0.3) is 0 Å². The van der Waals surface area contributed by atoms with Crippen molar-refractivity contribution < 1.29 is 19.0 Å². The number of anilines is 1. The van der Waals surface area contributed by atoms with Crippen molar-refractivity contribution >= 4 is 11.6 Å². The van der Waals surface area contributed by atoms with Crippen LogP contribution >= 0.6 is 0 Å². The summed E-state index contributed by atoms with van der Waals surface area (Å²) in [4.78, 5) is 14.0. The van der Waals surface area contributed by atoms with Crippen LogP contribution in [0.1, 0.15) is 10.4 Å². The number of carbonyl (C=O) groups excluding carboxylic acids is 1. The molecule has 0 unspecified atom stereocenters. The van der Waals surface area contributed by atoms with Gasteiger partial charge in [0.15, 0.2) is 0 Å². The van der Waals surface area contributed by atoms with Crippen molar-refractivity contribution in [1.82, 2.24) is 4.90 Å². The summed E-state index contributed by atoms with van der Waals surface area (Å²) >= 11 is 0. The molecule has 0 spiro atoms. The number of ether oxygens (including phenoxy) is 3. The molecule has 2 N–H and O–H groups in total. The van der Waals surface area contributed by atoms with Gasteiger partial charge < -0.3 is 24.8 Å². The Labute approximate surface area is 118 Å². The number of nitrogen functional groups attached to an aromatic ring is 1. The van der Waals surface area contributed by atoms with Crippen LogP contribution in [-0.4, -0.2) is 57.4 Å². The molecule has 0 atom stereocenters. The first kappa shape index (κ1) is 14.6. The number of carbonyl (C=O) groups is 1. The maximum Gasteiger partial charge on any atom is 0.257 e. The summed E-state index contributed by atoms with van der Waals surface area (Å²) in [6, 6.07) is 5.04. The number of amides is 1. The second kappa shape index (κ2) is 6.58. The van der Waals surface area contributed by atoms with E-state index in [1.807, 2.05) is 0 Å². The molecule has 1 fully saturated rings. The SMILES string of the molecule is COCCOC1CN(C(=O)c2ccc(N)cc2OC)C1. The number of rotatable bonds is 6. The van der Waals surface area contributed by atoms with Gasteiger partial charge in [0.2, 0.25) is 0 Å². The van der Waals surface area contributed by atoms with Crippen LogP contribution in [0.5, 0.6) is 5.75 Å². The molecule has 0 saturated carbocycles. The van der Waals surface area contributed by atoms with Gasteiger partial charge in [0.1, 0.15) is 5.75 Å². The average Bonchev–Trinajstić information content (AvgIpc) is 2.40. The van der Waals surface area contributed by atoms with Gasteiger partial charge in [-0.3, -0.25) is 4.79 Å². The van der Waals surface area contributed by atoms with E-state index in [0.717, 1.165) is 0 Å². The third-order valence-electron chi connectivity index (χ3n) is 3.23. The highest BCUT2D eigenvalue weighted by atomic mass is 16.5. The van der Waals surface area contributed by atoms with Gasteiger partial charge in [-0.05, 0) is 12.1 Å². The number of nitrogens with zero attached hydrogens (tertiary/aromatic N) is 1. The van der Waals surface area contributed by atoms with Crippen molar-refractivity contribution in [2.75, 3.05) is 46.3 Å². The molecule has 1 saturated heterocycles. The highest BCUT2D eigenvalue weighted by Crippen LogP contribution is 2.25. The van der Waals surface area contributed by atoms with Crippen LogP contribution < -0.4 is 10.5 Å². The molecular weight excluding hydrogens is 260 g/mol. The number of benzene rings is 1. The highest BCUT2D eigenvalue weighted by molar-refractivity contribution is 5.98. The largest absolute Gasteiger partial charge is 0.496 e. The molecule has 1 heterocycles. The molecule has 0 aliphatic carbocycles. The van der Waals surface area contributed by atoms with Crippen LogP contribution in [0.2, 0.25) is 0 Å². The van der Waals surface area contributed by atoms with Crippen LogP contribution in [0.3, 0.4) is 0 Å². The molecule has 1 amide bonds. The minimum atomic E-state index is -0.0616. The Morgan fingerprint density at radius 2 is 2.10 bits per heavy atom. The molecule has 1 aliphatic heterocycles. The zero-order valence-electron chi connectivity index (χ0n) is 11.8. The summed E-state index contributed by atoms with van der Waals surface area (Å²) in [5.74, 6) is 0.437. The molecule has 0 bridgehead atoms. The summed E-state index contributed by atoms with van der Waals surface area (Å²) < 4.78 is 15.6. The normalized spacial score (nSPS) is 15.0. The van der Waals surface area contributed by atoms with Gasteiger partial charge in [-0.1, -0.05) is 0 Å². The molecule has 0 radical (unpaired) electrons. The first-order chi connectivity index (χ1) is 9.65. The Morgan fingerprint density at radius 3 is 2.75 bits per heavy atom. The van der Waals surface area contributed by atoms with Crippen LogP contribution in [-0.2, 0) is 9.47 Å². The van der Waals surface area contributed by atoms with Crippen molar-refractivity contribution in [3.8, 4) is 5.75 Å². The lowest BCUT2D eigenvalue weighted by molar-refractivity contribution is -0.0555. The van der Waals surface area contributed by atoms with E-state index in [9.17, 15) is 4.79 Å². The number of methoxy groups -OCH3 is 2. The fraction of sp³-hybridized carbons (Fsp3) is 0.500. The first-order valence-corrected chi connectivity index (χ1v) is 6.49. The molecule has 1 aliphatic rings. The third kappa shape index (κ3) is 3.20. The minimum Gasteiger partial charge on any atom is -0.496 e. The summed E-state index contributed by atoms with van der Waals surface area (Å²) in [6.07, 6.45) is 0.0916. The van der Waals surface area contributed by atoms with E-state index in [-0.39, 0.29) is 12.0 Å². The summed E-state index contributed by atoms with van der Waals surface area (Å²) in [6.45, 7) is 2.30. The Balaban J connectivity index is 1.90. The van der Waals surface area contributed by atoms with E-state index in [0.29, 0.717) is 43.3 Å². The minimum absolute atomic E-state index is 0.0616. The Kier molecular flexibility index (Phi) is 4.81. The smallest absolute Gasteiger partial charge is 0.257 e. The number of hydrogen-bond donors (Lipinski definition) is 1. The van der Waals surface area contributed by atoms with Gasteiger partial charge in [0, 0.05) is 32.0 Å². The molecule has 20 heavy (non-hydrogen) atoms. The first-order valence-electron chi connectivity index (χ1n) is 6.49. The van der Waals surface area contributed by atoms with Crippen LogP contribution in [0, 0.1) is 0 Å². The highest BCUT2D eigenvalue weighted by Gasteiger charge is 2.32. The van der Waals surface area contributed by atoms with Gasteiger partial charge >= 0.3 is 0 Å². The Hall–Kier alpha value is -1.79. The van der Waals surface area contributed by atoms with Crippen LogP contribution in [0.15, 0.2) is 18.2 Å². The molecule has 6 nitrogen and oxygen atoms in total. The topological polar surface area (TPSA) is 74.0 Å². The van der Waals surface area contributed by atoms with Gasteiger partial charge in [-0.2, -0.15) is 0 Å².